The van der Waals surface area contributed by atoms with Crippen molar-refractivity contribution in [3.63, 3.8) is 0 Å². The quantitative estimate of drug-likeness (QED) is 0.0924. The predicted molar refractivity (Wildman–Crippen MR) is 211 cm³/mol. The third kappa shape index (κ3) is 9.16. The fourth-order valence-corrected chi connectivity index (χ4v) is 9.01. The molecule has 13 atom stereocenters. The van der Waals surface area contributed by atoms with Gasteiger partial charge in [-0.3, -0.25) is 24.2 Å². The van der Waals surface area contributed by atoms with Crippen molar-refractivity contribution in [2.24, 2.45) is 40.5 Å². The van der Waals surface area contributed by atoms with Crippen LogP contribution in [0.2, 0.25) is 0 Å². The van der Waals surface area contributed by atoms with Crippen molar-refractivity contribution in [1.82, 2.24) is 20.1 Å². The van der Waals surface area contributed by atoms with E-state index in [9.17, 15) is 24.3 Å². The Morgan fingerprint density at radius 3 is 2.47 bits per heavy atom. The van der Waals surface area contributed by atoms with Gasteiger partial charge in [-0.25, -0.2) is 0 Å². The number of hydrogen-bond donors (Lipinski definition) is 2. The third-order valence-electron chi connectivity index (χ3n) is 11.6. The number of pyridine rings is 1. The maximum atomic E-state index is 14.6. The number of aliphatic hydroxyl groups is 1. The molecule has 5 rings (SSSR count). The van der Waals surface area contributed by atoms with E-state index in [1.54, 1.807) is 52.9 Å². The van der Waals surface area contributed by atoms with Gasteiger partial charge in [0.05, 0.1) is 11.7 Å². The number of methoxy groups -OCH3 is 1. The number of cyclic esters (lactones) is 1. The van der Waals surface area contributed by atoms with Gasteiger partial charge in [0.1, 0.15) is 47.7 Å². The van der Waals surface area contributed by atoms with Gasteiger partial charge in [0.15, 0.2) is 34.0 Å². The van der Waals surface area contributed by atoms with Crippen molar-refractivity contribution in [3.05, 3.63) is 41.6 Å². The number of aliphatic hydroxyl groups excluding tert-OH is 1. The molecule has 5 heterocycles. The fourth-order valence-electron chi connectivity index (χ4n) is 8.21. The van der Waals surface area contributed by atoms with E-state index in [1.807, 2.05) is 32.0 Å². The number of aromatic nitrogens is 3. The van der Waals surface area contributed by atoms with Crippen LogP contribution in [0.1, 0.15) is 72.4 Å². The van der Waals surface area contributed by atoms with Crippen LogP contribution in [-0.2, 0) is 47.7 Å². The molecule has 2 aromatic rings. The summed E-state index contributed by atoms with van der Waals surface area (Å²) in [5, 5.41) is 24.9. The Morgan fingerprint density at radius 1 is 1.12 bits per heavy atom. The van der Waals surface area contributed by atoms with E-state index in [-0.39, 0.29) is 35.8 Å². The molecule has 318 valence electrons. The zero-order chi connectivity index (χ0) is 42.9. The summed E-state index contributed by atoms with van der Waals surface area (Å²) >= 11 is 1.25. The number of rotatable bonds is 9. The third-order valence-corrected chi connectivity index (χ3v) is 12.7. The number of ketones is 2. The van der Waals surface area contributed by atoms with E-state index >= 15 is 0 Å². The number of fused-ring (bicyclic) bond motifs is 1. The van der Waals surface area contributed by atoms with Gasteiger partial charge < -0.3 is 44.3 Å². The number of carbonyl (C=O) groups is 4. The molecule has 58 heavy (non-hydrogen) atoms. The first-order valence-corrected chi connectivity index (χ1v) is 20.1. The van der Waals surface area contributed by atoms with Gasteiger partial charge in [0.2, 0.25) is 0 Å². The van der Waals surface area contributed by atoms with Gasteiger partial charge in [-0.2, -0.15) is 0 Å². The monoisotopic (exact) mass is 828 g/mol. The van der Waals surface area contributed by atoms with Crippen LogP contribution < -0.4 is 5.73 Å². The molecule has 2 aromatic heterocycles. The Hall–Kier alpha value is -4.20. The Morgan fingerprint density at radius 2 is 1.83 bits per heavy atom. The molecule has 18 heteroatoms. The van der Waals surface area contributed by atoms with Gasteiger partial charge in [-0.1, -0.05) is 43.0 Å². The number of Topliss-reactive ketones (excluding diaryl/α,β-unsaturated/α-hetero) is 2. The van der Waals surface area contributed by atoms with Crippen molar-refractivity contribution >= 4 is 40.7 Å². The lowest BCUT2D eigenvalue weighted by atomic mass is 9.69. The molecule has 17 nitrogen and oxygen atoms in total. The lowest BCUT2D eigenvalue weighted by molar-refractivity contribution is -0.282. The topological polar surface area (TPSA) is 224 Å². The summed E-state index contributed by atoms with van der Waals surface area (Å²) in [5.41, 5.74) is 4.01. The van der Waals surface area contributed by atoms with Crippen LogP contribution in [0.3, 0.4) is 0 Å². The molecule has 0 saturated carbocycles. The summed E-state index contributed by atoms with van der Waals surface area (Å²) in [6.45, 7) is 15.0. The summed E-state index contributed by atoms with van der Waals surface area (Å²) in [6.07, 6.45) is -2.50. The van der Waals surface area contributed by atoms with E-state index < -0.39 is 89.7 Å². The minimum Gasteiger partial charge on any atom is -0.461 e. The summed E-state index contributed by atoms with van der Waals surface area (Å²) in [5.74, 6) is -8.35. The average molecular weight is 829 g/mol. The SMILES string of the molecule is C=C1C(=O)[C@@H](C)C(=O)OC[C@@]2(C)OC(=O)[C@@H](/C(N)=N/OC(C)c3nnc(-c4ccccn4)s3)C2C(C)C(=O)[C@H](C)C[C@@](C)(OC)[C@@H]1O[C@@H]1O[C@@H](C)C[C@H](N(C)C)[C@H]1O. The number of amidine groups is 1. The molecule has 0 bridgehead atoms. The highest BCUT2D eigenvalue weighted by Crippen LogP contribution is 2.45. The van der Waals surface area contributed by atoms with E-state index in [2.05, 4.69) is 26.9 Å². The average Bonchev–Trinajstić information content (AvgIpc) is 3.80. The Kier molecular flexibility index (Phi) is 13.9. The molecule has 3 N–H and O–H groups in total. The van der Waals surface area contributed by atoms with Gasteiger partial charge >= 0.3 is 11.9 Å². The zero-order valence-electron chi connectivity index (χ0n) is 34.7. The molecule has 0 spiro atoms. The van der Waals surface area contributed by atoms with Gasteiger partial charge in [-0.05, 0) is 73.7 Å². The van der Waals surface area contributed by atoms with E-state index in [0.29, 0.717) is 22.1 Å². The molecule has 0 aliphatic carbocycles. The van der Waals surface area contributed by atoms with E-state index in [4.69, 9.17) is 34.3 Å². The summed E-state index contributed by atoms with van der Waals surface area (Å²) in [6, 6.07) is 5.09. The number of ether oxygens (including phenoxy) is 5. The number of nitrogens with two attached hydrogens (primary N) is 1. The normalized spacial score (nSPS) is 36.2. The van der Waals surface area contributed by atoms with Gasteiger partial charge in [0, 0.05) is 42.7 Å². The van der Waals surface area contributed by atoms with Crippen LogP contribution in [-0.4, -0.2) is 124 Å². The number of hydrogen-bond acceptors (Lipinski definition) is 17. The molecule has 3 unspecified atom stereocenters. The summed E-state index contributed by atoms with van der Waals surface area (Å²) < 4.78 is 30.1. The van der Waals surface area contributed by atoms with Crippen LogP contribution >= 0.6 is 11.3 Å². The van der Waals surface area contributed by atoms with Crippen LogP contribution in [0.15, 0.2) is 41.7 Å². The van der Waals surface area contributed by atoms with Gasteiger partial charge in [0.25, 0.3) is 0 Å². The molecule has 3 saturated heterocycles. The van der Waals surface area contributed by atoms with Crippen molar-refractivity contribution < 1.29 is 52.8 Å². The minimum absolute atomic E-state index is 0.00656. The fraction of sp³-hybridized carbons (Fsp3) is 0.650. The maximum absolute atomic E-state index is 14.6. The Bertz CT molecular complexity index is 1880. The van der Waals surface area contributed by atoms with Crippen molar-refractivity contribution in [1.29, 1.82) is 0 Å². The first-order chi connectivity index (χ1) is 27.2. The van der Waals surface area contributed by atoms with E-state index in [0.717, 1.165) is 0 Å². The van der Waals surface area contributed by atoms with Crippen molar-refractivity contribution in [2.45, 2.75) is 109 Å². The highest BCUT2D eigenvalue weighted by Gasteiger charge is 2.59. The second-order valence-corrected chi connectivity index (χ2v) is 17.3. The second kappa shape index (κ2) is 18.0. The molecule has 0 amide bonds. The molecule has 3 aliphatic heterocycles. The zero-order valence-corrected chi connectivity index (χ0v) is 35.6. The smallest absolute Gasteiger partial charge is 0.317 e. The molecule has 3 fully saturated rings. The number of oxime groups is 1. The highest BCUT2D eigenvalue weighted by atomic mass is 32.1. The van der Waals surface area contributed by atoms with Crippen LogP contribution in [0, 0.1) is 29.6 Å². The Labute approximate surface area is 342 Å². The number of carbonyl (C=O) groups excluding carboxylic acids is 4. The maximum Gasteiger partial charge on any atom is 0.317 e. The van der Waals surface area contributed by atoms with Crippen LogP contribution in [0.5, 0.6) is 0 Å². The van der Waals surface area contributed by atoms with Crippen molar-refractivity contribution in [3.8, 4) is 10.7 Å². The standard InChI is InChI=1S/C40H56N6O11S/c1-19-17-39(7,52-11)32(55-38-31(49)26(46(9)10)16-20(2)54-38)22(4)30(48)23(5)36(50)53-18-40(8)28(21(3)29(19)47)27(37(51)56-40)33(41)45-57-24(6)34-43-44-35(58-34)25-14-12-13-15-42-25/h12-15,19-21,23-24,26-28,31-32,38,49H,4,16-18H2,1-3,5-11H3,(H2,41,45)/t19-,20+,21?,23-,24?,26+,27-,28?,31-,32-,38+,39-,40-/m1/s1. The minimum atomic E-state index is -1.57. The summed E-state index contributed by atoms with van der Waals surface area (Å²) in [4.78, 5) is 67.8. The van der Waals surface area contributed by atoms with Gasteiger partial charge in [-0.15, -0.1) is 10.2 Å². The molecule has 3 aliphatic rings. The summed E-state index contributed by atoms with van der Waals surface area (Å²) in [7, 11) is 5.08. The number of nitrogens with zero attached hydrogens (tertiary/aromatic N) is 5. The van der Waals surface area contributed by atoms with Crippen LogP contribution in [0.4, 0.5) is 0 Å². The second-order valence-electron chi connectivity index (χ2n) is 16.3. The largest absolute Gasteiger partial charge is 0.461 e. The lowest BCUT2D eigenvalue weighted by Crippen LogP contribution is -2.58. The molecule has 0 radical (unpaired) electrons. The molecule has 0 aromatic carbocycles. The van der Waals surface area contributed by atoms with Crippen LogP contribution in [0.25, 0.3) is 10.7 Å². The first kappa shape index (κ1) is 44.9. The number of likely N-dealkylation sites (N-methyl/N-ethyl adjacent to an activating group) is 1. The lowest BCUT2D eigenvalue weighted by Gasteiger charge is -2.45. The number of esters is 2. The first-order valence-electron chi connectivity index (χ1n) is 19.3. The predicted octanol–water partition coefficient (Wildman–Crippen LogP) is 3.26. The van der Waals surface area contributed by atoms with E-state index in [1.165, 1.54) is 25.4 Å². The molecular weight excluding hydrogens is 773 g/mol. The Balaban J connectivity index is 1.46. The highest BCUT2D eigenvalue weighted by molar-refractivity contribution is 7.14. The molecular formula is C40H56N6O11S. The van der Waals surface area contributed by atoms with Crippen molar-refractivity contribution in [2.75, 3.05) is 27.8 Å².